The average molecular weight is 321 g/mol. The first-order valence-corrected chi connectivity index (χ1v) is 9.14. The molecule has 0 heterocycles. The molecule has 0 aliphatic rings. The molecule has 0 atom stereocenters. The van der Waals surface area contributed by atoms with Gasteiger partial charge in [-0.25, -0.2) is 0 Å². The summed E-state index contributed by atoms with van der Waals surface area (Å²) in [6.07, 6.45) is 4.23. The van der Waals surface area contributed by atoms with E-state index in [4.69, 9.17) is 4.74 Å². The van der Waals surface area contributed by atoms with Crippen LogP contribution in [0.15, 0.2) is 12.1 Å². The van der Waals surface area contributed by atoms with Crippen molar-refractivity contribution in [3.63, 3.8) is 0 Å². The van der Waals surface area contributed by atoms with Crippen molar-refractivity contribution in [2.75, 3.05) is 6.61 Å². The van der Waals surface area contributed by atoms with E-state index in [1.807, 2.05) is 0 Å². The molecule has 1 aromatic carbocycles. The number of hydrogen-bond donors (Lipinski definition) is 1. The quantitative estimate of drug-likeness (QED) is 0.558. The van der Waals surface area contributed by atoms with Gasteiger partial charge >= 0.3 is 0 Å². The van der Waals surface area contributed by atoms with Gasteiger partial charge in [-0.3, -0.25) is 0 Å². The highest BCUT2D eigenvalue weighted by Gasteiger charge is 2.29. The van der Waals surface area contributed by atoms with Gasteiger partial charge in [0.25, 0.3) is 0 Å². The maximum Gasteiger partial charge on any atom is 0.123 e. The summed E-state index contributed by atoms with van der Waals surface area (Å²) in [7, 11) is 0. The van der Waals surface area contributed by atoms with Crippen LogP contribution in [0.5, 0.6) is 5.75 Å². The molecular formula is C21H36O2. The van der Waals surface area contributed by atoms with Crippen LogP contribution in [0.1, 0.15) is 90.8 Å². The number of benzene rings is 1. The molecule has 0 fully saturated rings. The molecule has 0 unspecified atom stereocenters. The lowest BCUT2D eigenvalue weighted by Gasteiger charge is -2.31. The third-order valence-corrected chi connectivity index (χ3v) is 5.31. The number of phenolic OH excluding ortho intramolecular Hbond substituents is 1. The molecule has 2 heteroatoms. The lowest BCUT2D eigenvalue weighted by molar-refractivity contribution is 0.118. The average Bonchev–Trinajstić information content (AvgIpc) is 2.52. The highest BCUT2D eigenvalue weighted by Crippen LogP contribution is 2.42. The van der Waals surface area contributed by atoms with Crippen LogP contribution in [-0.2, 0) is 22.2 Å². The zero-order valence-corrected chi connectivity index (χ0v) is 16.3. The van der Waals surface area contributed by atoms with Crippen molar-refractivity contribution in [1.82, 2.24) is 0 Å². The second-order valence-corrected chi connectivity index (χ2v) is 7.92. The summed E-state index contributed by atoms with van der Waals surface area (Å²) < 4.78 is 5.82. The summed E-state index contributed by atoms with van der Waals surface area (Å²) in [6, 6.07) is 4.28. The summed E-state index contributed by atoms with van der Waals surface area (Å²) >= 11 is 0. The highest BCUT2D eigenvalue weighted by molar-refractivity contribution is 5.50. The van der Waals surface area contributed by atoms with E-state index in [9.17, 15) is 5.11 Å². The Morgan fingerprint density at radius 1 is 0.913 bits per heavy atom. The van der Waals surface area contributed by atoms with Crippen LogP contribution in [0.3, 0.4) is 0 Å². The van der Waals surface area contributed by atoms with Crippen molar-refractivity contribution in [1.29, 1.82) is 0 Å². The largest absolute Gasteiger partial charge is 0.507 e. The third-order valence-electron chi connectivity index (χ3n) is 5.31. The zero-order valence-electron chi connectivity index (χ0n) is 16.3. The maximum atomic E-state index is 10.9. The minimum absolute atomic E-state index is 0.0396. The van der Waals surface area contributed by atoms with E-state index in [2.05, 4.69) is 60.6 Å². The lowest BCUT2D eigenvalue weighted by atomic mass is 9.75. The molecule has 0 saturated carbocycles. The molecule has 0 spiro atoms. The van der Waals surface area contributed by atoms with Gasteiger partial charge in [0, 0.05) is 17.7 Å². The van der Waals surface area contributed by atoms with Gasteiger partial charge in [-0.2, -0.15) is 0 Å². The zero-order chi connectivity index (χ0) is 17.7. The minimum Gasteiger partial charge on any atom is -0.507 e. The van der Waals surface area contributed by atoms with Gasteiger partial charge < -0.3 is 9.84 Å². The van der Waals surface area contributed by atoms with Gasteiger partial charge in [-0.15, -0.1) is 0 Å². The lowest BCUT2D eigenvalue weighted by Crippen LogP contribution is -2.21. The Morgan fingerprint density at radius 3 is 1.78 bits per heavy atom. The molecule has 0 aliphatic carbocycles. The number of aromatic hydroxyl groups is 1. The number of unbranched alkanes of at least 4 members (excludes halogenated alkanes) is 1. The fraction of sp³-hybridized carbons (Fsp3) is 0.714. The molecule has 2 nitrogen and oxygen atoms in total. The van der Waals surface area contributed by atoms with Gasteiger partial charge in [-0.1, -0.05) is 54.9 Å². The van der Waals surface area contributed by atoms with E-state index in [1.165, 1.54) is 5.56 Å². The Hall–Kier alpha value is -1.02. The second-order valence-electron chi connectivity index (χ2n) is 7.92. The highest BCUT2D eigenvalue weighted by atomic mass is 16.5. The van der Waals surface area contributed by atoms with E-state index in [1.54, 1.807) is 0 Å². The molecule has 1 rings (SSSR count). The van der Waals surface area contributed by atoms with E-state index in [0.29, 0.717) is 12.4 Å². The Balaban J connectivity index is 3.27. The van der Waals surface area contributed by atoms with Crippen LogP contribution in [-0.4, -0.2) is 11.7 Å². The fourth-order valence-corrected chi connectivity index (χ4v) is 2.63. The topological polar surface area (TPSA) is 29.5 Å². The number of hydrogen-bond acceptors (Lipinski definition) is 2. The summed E-state index contributed by atoms with van der Waals surface area (Å²) in [5.74, 6) is 0.473. The minimum atomic E-state index is -0.0396. The first-order chi connectivity index (χ1) is 10.7. The maximum absolute atomic E-state index is 10.9. The Labute approximate surface area is 143 Å². The number of phenols is 1. The van der Waals surface area contributed by atoms with E-state index in [0.717, 1.165) is 43.4 Å². The van der Waals surface area contributed by atoms with Gasteiger partial charge in [0.1, 0.15) is 5.75 Å². The Kier molecular flexibility index (Phi) is 7.13. The van der Waals surface area contributed by atoms with Gasteiger partial charge in [0.15, 0.2) is 0 Å². The predicted molar refractivity (Wildman–Crippen MR) is 99.3 cm³/mol. The molecule has 0 saturated heterocycles. The van der Waals surface area contributed by atoms with Crippen molar-refractivity contribution in [3.8, 4) is 5.75 Å². The predicted octanol–water partition coefficient (Wildman–Crippen LogP) is 6.08. The molecule has 0 radical (unpaired) electrons. The van der Waals surface area contributed by atoms with Crippen molar-refractivity contribution in [2.45, 2.75) is 91.6 Å². The molecule has 23 heavy (non-hydrogen) atoms. The molecule has 132 valence electrons. The first-order valence-electron chi connectivity index (χ1n) is 9.14. The molecule has 1 N–H and O–H groups in total. The molecular weight excluding hydrogens is 284 g/mol. The van der Waals surface area contributed by atoms with Gasteiger partial charge in [0.05, 0.1) is 6.61 Å². The van der Waals surface area contributed by atoms with E-state index >= 15 is 0 Å². The van der Waals surface area contributed by atoms with E-state index < -0.39 is 0 Å². The van der Waals surface area contributed by atoms with Crippen LogP contribution < -0.4 is 0 Å². The Morgan fingerprint density at radius 2 is 1.39 bits per heavy atom. The van der Waals surface area contributed by atoms with Crippen molar-refractivity contribution in [3.05, 3.63) is 28.8 Å². The molecule has 1 aromatic rings. The summed E-state index contributed by atoms with van der Waals surface area (Å²) in [6.45, 7) is 16.8. The monoisotopic (exact) mass is 320 g/mol. The van der Waals surface area contributed by atoms with Gasteiger partial charge in [-0.05, 0) is 47.8 Å². The first kappa shape index (κ1) is 20.0. The van der Waals surface area contributed by atoms with Crippen molar-refractivity contribution < 1.29 is 9.84 Å². The van der Waals surface area contributed by atoms with Crippen LogP contribution in [0.4, 0.5) is 0 Å². The van der Waals surface area contributed by atoms with Crippen molar-refractivity contribution >= 4 is 0 Å². The Bertz CT molecular complexity index is 464. The van der Waals surface area contributed by atoms with Crippen LogP contribution in [0, 0.1) is 0 Å². The molecule has 0 aliphatic heterocycles. The number of ether oxygens (including phenoxy) is 1. The van der Waals surface area contributed by atoms with E-state index in [-0.39, 0.29) is 10.8 Å². The van der Waals surface area contributed by atoms with Crippen LogP contribution in [0.25, 0.3) is 0 Å². The SMILES string of the molecule is CCCCOCc1cc(C(C)(C)CC)c(O)c(C(C)(C)CC)c1. The number of rotatable bonds is 9. The van der Waals surface area contributed by atoms with Crippen molar-refractivity contribution in [2.24, 2.45) is 0 Å². The second kappa shape index (κ2) is 8.19. The standard InChI is InChI=1S/C21H36O2/c1-8-11-12-23-15-16-13-17(20(4,5)9-2)19(22)18(14-16)21(6,7)10-3/h13-14,22H,8-12,15H2,1-7H3. The van der Waals surface area contributed by atoms with Gasteiger partial charge in [0.2, 0.25) is 0 Å². The molecule has 0 aromatic heterocycles. The smallest absolute Gasteiger partial charge is 0.123 e. The molecule has 0 bridgehead atoms. The summed E-state index contributed by atoms with van der Waals surface area (Å²) in [4.78, 5) is 0. The molecule has 0 amide bonds. The van der Waals surface area contributed by atoms with Crippen LogP contribution in [0.2, 0.25) is 0 Å². The van der Waals surface area contributed by atoms with Crippen LogP contribution >= 0.6 is 0 Å². The summed E-state index contributed by atoms with van der Waals surface area (Å²) in [5.41, 5.74) is 3.19. The fourth-order valence-electron chi connectivity index (χ4n) is 2.63. The summed E-state index contributed by atoms with van der Waals surface area (Å²) in [5, 5.41) is 10.9. The third kappa shape index (κ3) is 4.97. The normalized spacial score (nSPS) is 12.7.